The summed E-state index contributed by atoms with van der Waals surface area (Å²) in [5, 5.41) is 0. The third-order valence-corrected chi connectivity index (χ3v) is 7.16. The summed E-state index contributed by atoms with van der Waals surface area (Å²) in [5.41, 5.74) is 0.525. The number of hydrogen-bond donors (Lipinski definition) is 0. The lowest BCUT2D eigenvalue weighted by atomic mass is 9.76. The molecule has 1 aromatic carbocycles. The summed E-state index contributed by atoms with van der Waals surface area (Å²) in [5.74, 6) is -0.862. The van der Waals surface area contributed by atoms with E-state index in [1.165, 1.54) is 17.0 Å². The molecule has 3 fully saturated rings. The summed E-state index contributed by atoms with van der Waals surface area (Å²) in [6.45, 7) is 6.62. The first-order valence-electron chi connectivity index (χ1n) is 11.1. The number of aryl methyl sites for hydroxylation is 1. The van der Waals surface area contributed by atoms with Crippen molar-refractivity contribution >= 4 is 17.5 Å². The van der Waals surface area contributed by atoms with Crippen LogP contribution in [0.2, 0.25) is 0 Å². The smallest absolute Gasteiger partial charge is 0.230 e. The van der Waals surface area contributed by atoms with Crippen molar-refractivity contribution in [3.8, 4) is 0 Å². The average molecular weight is 420 g/mol. The van der Waals surface area contributed by atoms with Crippen LogP contribution in [0.5, 0.6) is 0 Å². The van der Waals surface area contributed by atoms with Gasteiger partial charge in [-0.25, -0.2) is 8.78 Å². The molecule has 7 heteroatoms. The third-order valence-electron chi connectivity index (χ3n) is 7.16. The van der Waals surface area contributed by atoms with Crippen molar-refractivity contribution in [2.24, 2.45) is 5.41 Å². The summed E-state index contributed by atoms with van der Waals surface area (Å²) in [6.07, 6.45) is 5.21. The van der Waals surface area contributed by atoms with Crippen molar-refractivity contribution in [2.75, 3.05) is 37.6 Å². The van der Waals surface area contributed by atoms with Crippen LogP contribution >= 0.6 is 0 Å². The molecule has 1 atom stereocenters. The van der Waals surface area contributed by atoms with Crippen LogP contribution in [-0.4, -0.2) is 60.4 Å². The van der Waals surface area contributed by atoms with Gasteiger partial charge in [0, 0.05) is 57.7 Å². The van der Waals surface area contributed by atoms with E-state index in [0.717, 1.165) is 25.7 Å². The zero-order chi connectivity index (χ0) is 21.5. The zero-order valence-corrected chi connectivity index (χ0v) is 17.9. The van der Waals surface area contributed by atoms with Gasteiger partial charge < -0.3 is 4.90 Å². The van der Waals surface area contributed by atoms with Crippen molar-refractivity contribution in [1.82, 2.24) is 9.80 Å². The number of benzene rings is 1. The average Bonchev–Trinajstić information content (AvgIpc) is 3.12. The van der Waals surface area contributed by atoms with Gasteiger partial charge in [-0.1, -0.05) is 12.8 Å². The van der Waals surface area contributed by atoms with Crippen LogP contribution in [0.1, 0.15) is 51.0 Å². The standard InChI is InChI=1S/C23H31F2N3O2/c1-16-11-19(25)20(12-18(16)24)27-9-7-26(8-10-27)15-17(2)28-21(29)13-23(14-22(28)30)5-3-4-6-23/h11-12,17H,3-10,13-15H2,1-2H3. The lowest BCUT2D eigenvalue weighted by Crippen LogP contribution is -2.56. The molecule has 1 aliphatic carbocycles. The first kappa shape index (κ1) is 21.2. The number of anilines is 1. The molecule has 2 aliphatic heterocycles. The minimum atomic E-state index is -0.402. The molecule has 0 N–H and O–H groups in total. The zero-order valence-electron chi connectivity index (χ0n) is 17.9. The Labute approximate surface area is 177 Å². The van der Waals surface area contributed by atoms with Crippen molar-refractivity contribution < 1.29 is 18.4 Å². The van der Waals surface area contributed by atoms with Gasteiger partial charge in [-0.05, 0) is 43.7 Å². The molecule has 0 radical (unpaired) electrons. The predicted molar refractivity (Wildman–Crippen MR) is 111 cm³/mol. The van der Waals surface area contributed by atoms with Crippen molar-refractivity contribution in [2.45, 2.75) is 58.4 Å². The highest BCUT2D eigenvalue weighted by Crippen LogP contribution is 2.47. The van der Waals surface area contributed by atoms with Gasteiger partial charge in [-0.15, -0.1) is 0 Å². The van der Waals surface area contributed by atoms with Gasteiger partial charge in [-0.2, -0.15) is 0 Å². The fourth-order valence-electron chi connectivity index (χ4n) is 5.49. The Kier molecular flexibility index (Phi) is 5.84. The molecule has 1 aromatic rings. The number of piperazine rings is 1. The number of hydrogen-bond acceptors (Lipinski definition) is 4. The number of imide groups is 1. The summed E-state index contributed by atoms with van der Waals surface area (Å²) in [4.78, 5) is 31.1. The fraction of sp³-hybridized carbons (Fsp3) is 0.652. The number of halogens is 2. The number of likely N-dealkylation sites (tertiary alicyclic amines) is 1. The lowest BCUT2D eigenvalue weighted by molar-refractivity contribution is -0.156. The monoisotopic (exact) mass is 419 g/mol. The van der Waals surface area contributed by atoms with Crippen LogP contribution in [0.25, 0.3) is 0 Å². The molecule has 2 amide bonds. The Hall–Kier alpha value is -2.02. The van der Waals surface area contributed by atoms with Crippen molar-refractivity contribution in [3.63, 3.8) is 0 Å². The van der Waals surface area contributed by atoms with Crippen LogP contribution in [0.4, 0.5) is 14.5 Å². The largest absolute Gasteiger partial charge is 0.367 e. The van der Waals surface area contributed by atoms with Gasteiger partial charge in [0.2, 0.25) is 11.8 Å². The molecule has 2 saturated heterocycles. The topological polar surface area (TPSA) is 43.9 Å². The normalized spacial score (nSPS) is 23.5. The maximum atomic E-state index is 14.3. The molecule has 164 valence electrons. The number of piperidine rings is 1. The SMILES string of the molecule is Cc1cc(F)c(N2CCN(CC(C)N3C(=O)CC4(CCCC4)CC3=O)CC2)cc1F. The Morgan fingerprint density at radius 3 is 2.17 bits per heavy atom. The van der Waals surface area contributed by atoms with Gasteiger partial charge in [-0.3, -0.25) is 19.4 Å². The predicted octanol–water partition coefficient (Wildman–Crippen LogP) is 3.49. The van der Waals surface area contributed by atoms with Gasteiger partial charge in [0.1, 0.15) is 11.6 Å². The lowest BCUT2D eigenvalue weighted by Gasteiger charge is -2.42. The van der Waals surface area contributed by atoms with E-state index in [-0.39, 0.29) is 23.3 Å². The molecule has 2 heterocycles. The summed E-state index contributed by atoms with van der Waals surface area (Å²) >= 11 is 0. The number of carbonyl (C=O) groups excluding carboxylic acids is 2. The Morgan fingerprint density at radius 1 is 0.967 bits per heavy atom. The number of nitrogens with zero attached hydrogens (tertiary/aromatic N) is 3. The molecule has 3 aliphatic rings. The van der Waals surface area contributed by atoms with Crippen LogP contribution < -0.4 is 4.90 Å². The maximum Gasteiger partial charge on any atom is 0.230 e. The number of rotatable bonds is 4. The highest BCUT2D eigenvalue weighted by Gasteiger charge is 2.46. The highest BCUT2D eigenvalue weighted by molar-refractivity contribution is 5.99. The molecular weight excluding hydrogens is 388 g/mol. The van der Waals surface area contributed by atoms with E-state index in [0.29, 0.717) is 56.8 Å². The Morgan fingerprint density at radius 2 is 1.57 bits per heavy atom. The van der Waals surface area contributed by atoms with E-state index in [4.69, 9.17) is 0 Å². The summed E-state index contributed by atoms with van der Waals surface area (Å²) in [6, 6.07) is 2.33. The van der Waals surface area contributed by atoms with Crippen LogP contribution in [0.3, 0.4) is 0 Å². The summed E-state index contributed by atoms with van der Waals surface area (Å²) in [7, 11) is 0. The molecule has 1 spiro atoms. The second kappa shape index (κ2) is 8.25. The number of amides is 2. The molecule has 0 bridgehead atoms. The maximum absolute atomic E-state index is 14.3. The van der Waals surface area contributed by atoms with E-state index in [2.05, 4.69) is 4.90 Å². The van der Waals surface area contributed by atoms with E-state index in [1.54, 1.807) is 6.92 Å². The van der Waals surface area contributed by atoms with Gasteiger partial charge in [0.05, 0.1) is 5.69 Å². The first-order chi connectivity index (χ1) is 14.3. The van der Waals surface area contributed by atoms with Crippen LogP contribution in [-0.2, 0) is 9.59 Å². The van der Waals surface area contributed by atoms with E-state index < -0.39 is 11.6 Å². The van der Waals surface area contributed by atoms with Gasteiger partial charge in [0.25, 0.3) is 0 Å². The molecule has 4 rings (SSSR count). The second-order valence-corrected chi connectivity index (χ2v) is 9.41. The van der Waals surface area contributed by atoms with Crippen LogP contribution in [0, 0.1) is 24.0 Å². The molecule has 1 saturated carbocycles. The van der Waals surface area contributed by atoms with Gasteiger partial charge in [0.15, 0.2) is 0 Å². The Bertz CT molecular complexity index is 810. The minimum Gasteiger partial charge on any atom is -0.367 e. The molecule has 0 aromatic heterocycles. The minimum absolute atomic E-state index is 0.0310. The first-order valence-corrected chi connectivity index (χ1v) is 11.1. The molecular formula is C23H31F2N3O2. The fourth-order valence-corrected chi connectivity index (χ4v) is 5.49. The quantitative estimate of drug-likeness (QED) is 0.701. The molecule has 30 heavy (non-hydrogen) atoms. The molecule has 5 nitrogen and oxygen atoms in total. The molecule has 1 unspecified atom stereocenters. The van der Waals surface area contributed by atoms with E-state index in [1.807, 2.05) is 11.8 Å². The second-order valence-electron chi connectivity index (χ2n) is 9.41. The van der Waals surface area contributed by atoms with Crippen molar-refractivity contribution in [1.29, 1.82) is 0 Å². The van der Waals surface area contributed by atoms with E-state index >= 15 is 0 Å². The third kappa shape index (κ3) is 4.09. The Balaban J connectivity index is 1.33. The van der Waals surface area contributed by atoms with E-state index in [9.17, 15) is 18.4 Å². The van der Waals surface area contributed by atoms with Gasteiger partial charge >= 0.3 is 0 Å². The number of carbonyl (C=O) groups is 2. The summed E-state index contributed by atoms with van der Waals surface area (Å²) < 4.78 is 28.2. The van der Waals surface area contributed by atoms with Crippen LogP contribution in [0.15, 0.2) is 12.1 Å². The van der Waals surface area contributed by atoms with Crippen molar-refractivity contribution in [3.05, 3.63) is 29.3 Å². The highest BCUT2D eigenvalue weighted by atomic mass is 19.1.